The Morgan fingerprint density at radius 2 is 1.81 bits per heavy atom. The first kappa shape index (κ1) is 24.4. The molecule has 0 saturated heterocycles. The molecule has 0 aliphatic heterocycles. The van der Waals surface area contributed by atoms with Crippen LogP contribution in [0.5, 0.6) is 5.75 Å². The van der Waals surface area contributed by atoms with Gasteiger partial charge in [0.15, 0.2) is 0 Å². The number of nitrogens with zero attached hydrogens (tertiary/aromatic N) is 1. The maximum Gasteiger partial charge on any atom is 0.247 e. The Kier molecular flexibility index (Phi) is 8.83. The third kappa shape index (κ3) is 6.39. The highest BCUT2D eigenvalue weighted by Gasteiger charge is 2.33. The summed E-state index contributed by atoms with van der Waals surface area (Å²) >= 11 is 12.1. The lowest BCUT2D eigenvalue weighted by atomic mass is 9.87. The van der Waals surface area contributed by atoms with Gasteiger partial charge in [0.25, 0.3) is 0 Å². The molecular formula is C25H30Cl2N2O3. The quantitative estimate of drug-likeness (QED) is 0.522. The van der Waals surface area contributed by atoms with E-state index in [0.717, 1.165) is 31.2 Å². The zero-order valence-electron chi connectivity index (χ0n) is 18.5. The van der Waals surface area contributed by atoms with Crippen LogP contribution >= 0.6 is 23.2 Å². The van der Waals surface area contributed by atoms with Gasteiger partial charge in [-0.1, -0.05) is 42.8 Å². The lowest BCUT2D eigenvalue weighted by molar-refractivity contribution is -0.140. The Balaban J connectivity index is 1.92. The summed E-state index contributed by atoms with van der Waals surface area (Å²) in [6.07, 6.45) is 4.06. The van der Waals surface area contributed by atoms with E-state index in [1.54, 1.807) is 31.4 Å². The second-order valence-corrected chi connectivity index (χ2v) is 9.13. The monoisotopic (exact) mass is 476 g/mol. The number of carbonyl (C=O) groups is 2. The van der Waals surface area contributed by atoms with E-state index in [4.69, 9.17) is 27.9 Å². The van der Waals surface area contributed by atoms with Gasteiger partial charge in [-0.25, -0.2) is 0 Å². The Labute approximate surface area is 200 Å². The van der Waals surface area contributed by atoms with E-state index in [0.29, 0.717) is 22.3 Å². The number of amides is 2. The minimum Gasteiger partial charge on any atom is -0.497 e. The van der Waals surface area contributed by atoms with E-state index in [1.807, 2.05) is 24.3 Å². The predicted molar refractivity (Wildman–Crippen MR) is 128 cm³/mol. The highest BCUT2D eigenvalue weighted by atomic mass is 35.5. The molecule has 1 saturated carbocycles. The number of halogens is 2. The fourth-order valence-corrected chi connectivity index (χ4v) is 4.45. The van der Waals surface area contributed by atoms with Gasteiger partial charge in [0.2, 0.25) is 11.8 Å². The van der Waals surface area contributed by atoms with E-state index in [-0.39, 0.29) is 30.3 Å². The van der Waals surface area contributed by atoms with E-state index in [2.05, 4.69) is 12.2 Å². The van der Waals surface area contributed by atoms with Gasteiger partial charge in [0, 0.05) is 17.6 Å². The first-order valence-electron chi connectivity index (χ1n) is 11.0. The topological polar surface area (TPSA) is 58.6 Å². The van der Waals surface area contributed by atoms with Gasteiger partial charge >= 0.3 is 0 Å². The summed E-state index contributed by atoms with van der Waals surface area (Å²) in [4.78, 5) is 28.0. The molecule has 1 aliphatic carbocycles. The summed E-state index contributed by atoms with van der Waals surface area (Å²) < 4.78 is 5.31. The third-order valence-electron chi connectivity index (χ3n) is 6.03. The summed E-state index contributed by atoms with van der Waals surface area (Å²) in [6, 6.07) is 13.8. The van der Waals surface area contributed by atoms with Gasteiger partial charge in [-0.15, -0.1) is 11.6 Å². The van der Waals surface area contributed by atoms with Crippen molar-refractivity contribution < 1.29 is 14.3 Å². The zero-order chi connectivity index (χ0) is 23.1. The number of alkyl halides is 1. The fourth-order valence-electron chi connectivity index (χ4n) is 4.17. The Morgan fingerprint density at radius 3 is 2.44 bits per heavy atom. The van der Waals surface area contributed by atoms with Crippen molar-refractivity contribution in [2.45, 2.75) is 51.2 Å². The van der Waals surface area contributed by atoms with Gasteiger partial charge in [-0.3, -0.25) is 9.59 Å². The van der Waals surface area contributed by atoms with Crippen LogP contribution in [-0.4, -0.2) is 35.7 Å². The van der Waals surface area contributed by atoms with E-state index in [1.165, 1.54) is 4.90 Å². The van der Waals surface area contributed by atoms with Crippen molar-refractivity contribution in [2.75, 3.05) is 13.0 Å². The molecule has 3 rings (SSSR count). The molecule has 1 N–H and O–H groups in total. The summed E-state index contributed by atoms with van der Waals surface area (Å²) in [6.45, 7) is 2.47. The zero-order valence-corrected chi connectivity index (χ0v) is 20.0. The predicted octanol–water partition coefficient (Wildman–Crippen LogP) is 5.35. The number of benzene rings is 2. The molecule has 2 aromatic carbocycles. The minimum atomic E-state index is -0.816. The van der Waals surface area contributed by atoms with Gasteiger partial charge < -0.3 is 15.0 Å². The molecule has 0 radical (unpaired) electrons. The van der Waals surface area contributed by atoms with E-state index >= 15 is 0 Å². The average molecular weight is 477 g/mol. The maximum absolute atomic E-state index is 13.5. The second-order valence-electron chi connectivity index (χ2n) is 8.43. The van der Waals surface area contributed by atoms with E-state index < -0.39 is 6.04 Å². The SMILES string of the molecule is COc1cccc(CN(C(=O)CCl)[C@H](C(=O)NC2CCC(C)CC2)c2ccc(Cl)cc2)c1. The number of nitrogens with one attached hydrogen (secondary N) is 1. The van der Waals surface area contributed by atoms with Crippen molar-refractivity contribution in [2.24, 2.45) is 5.92 Å². The molecule has 172 valence electrons. The average Bonchev–Trinajstić information content (AvgIpc) is 2.81. The summed E-state index contributed by atoms with van der Waals surface area (Å²) in [7, 11) is 1.59. The highest BCUT2D eigenvalue weighted by Crippen LogP contribution is 2.28. The first-order valence-corrected chi connectivity index (χ1v) is 11.9. The summed E-state index contributed by atoms with van der Waals surface area (Å²) in [5.41, 5.74) is 1.54. The molecule has 0 spiro atoms. The molecule has 0 heterocycles. The molecule has 0 aromatic heterocycles. The number of carbonyl (C=O) groups excluding carboxylic acids is 2. The second kappa shape index (κ2) is 11.6. The molecule has 2 amide bonds. The van der Waals surface area contributed by atoms with Crippen molar-refractivity contribution >= 4 is 35.0 Å². The Bertz CT molecular complexity index is 912. The van der Waals surface area contributed by atoms with Crippen molar-refractivity contribution in [1.29, 1.82) is 0 Å². The van der Waals surface area contributed by atoms with Gasteiger partial charge in [-0.2, -0.15) is 0 Å². The van der Waals surface area contributed by atoms with Crippen molar-refractivity contribution in [3.63, 3.8) is 0 Å². The van der Waals surface area contributed by atoms with Crippen LogP contribution in [-0.2, 0) is 16.1 Å². The molecule has 2 aromatic rings. The molecule has 1 aliphatic rings. The number of hydrogen-bond donors (Lipinski definition) is 1. The number of rotatable bonds is 8. The summed E-state index contributed by atoms with van der Waals surface area (Å²) in [5, 5.41) is 3.75. The molecule has 5 nitrogen and oxygen atoms in total. The highest BCUT2D eigenvalue weighted by molar-refractivity contribution is 6.30. The van der Waals surface area contributed by atoms with Crippen LogP contribution in [0.25, 0.3) is 0 Å². The molecule has 1 atom stereocenters. The van der Waals surface area contributed by atoms with Gasteiger partial charge in [-0.05, 0) is 67.0 Å². The van der Waals surface area contributed by atoms with Gasteiger partial charge in [0.1, 0.15) is 17.7 Å². The molecular weight excluding hydrogens is 447 g/mol. The largest absolute Gasteiger partial charge is 0.497 e. The van der Waals surface area contributed by atoms with Crippen molar-refractivity contribution in [3.8, 4) is 5.75 Å². The number of hydrogen-bond acceptors (Lipinski definition) is 3. The van der Waals surface area contributed by atoms with Crippen LogP contribution in [0.1, 0.15) is 49.8 Å². The lowest BCUT2D eigenvalue weighted by Gasteiger charge is -2.34. The van der Waals surface area contributed by atoms with Crippen LogP contribution in [0, 0.1) is 5.92 Å². The molecule has 1 fully saturated rings. The van der Waals surface area contributed by atoms with Crippen molar-refractivity contribution in [1.82, 2.24) is 10.2 Å². The lowest BCUT2D eigenvalue weighted by Crippen LogP contribution is -2.47. The number of ether oxygens (including phenoxy) is 1. The van der Waals surface area contributed by atoms with Crippen LogP contribution in [0.2, 0.25) is 5.02 Å². The van der Waals surface area contributed by atoms with Crippen molar-refractivity contribution in [3.05, 3.63) is 64.7 Å². The molecule has 0 bridgehead atoms. The fraction of sp³-hybridized carbons (Fsp3) is 0.440. The Morgan fingerprint density at radius 1 is 1.12 bits per heavy atom. The van der Waals surface area contributed by atoms with Crippen LogP contribution < -0.4 is 10.1 Å². The smallest absolute Gasteiger partial charge is 0.247 e. The van der Waals surface area contributed by atoms with Crippen LogP contribution in [0.4, 0.5) is 0 Å². The molecule has 32 heavy (non-hydrogen) atoms. The van der Waals surface area contributed by atoms with E-state index in [9.17, 15) is 9.59 Å². The Hall–Kier alpha value is -2.24. The van der Waals surface area contributed by atoms with Crippen LogP contribution in [0.15, 0.2) is 48.5 Å². The first-order chi connectivity index (χ1) is 15.4. The minimum absolute atomic E-state index is 0.110. The van der Waals surface area contributed by atoms with Gasteiger partial charge in [0.05, 0.1) is 7.11 Å². The standard InChI is InChI=1S/C25H30Cl2N2O3/c1-17-6-12-21(13-7-17)28-25(31)24(19-8-10-20(27)11-9-19)29(23(30)15-26)16-18-4-3-5-22(14-18)32-2/h3-5,8-11,14,17,21,24H,6-7,12-13,15-16H2,1-2H3,(H,28,31)/t17?,21?,24-/m0/s1. The summed E-state index contributed by atoms with van der Waals surface area (Å²) in [5.74, 6) is 0.625. The molecule has 0 unspecified atom stereocenters. The third-order valence-corrected chi connectivity index (χ3v) is 6.51. The molecule has 7 heteroatoms. The maximum atomic E-state index is 13.5. The van der Waals surface area contributed by atoms with Crippen LogP contribution in [0.3, 0.4) is 0 Å². The number of methoxy groups -OCH3 is 1. The normalized spacial score (nSPS) is 19.1.